The third-order valence-electron chi connectivity index (χ3n) is 10.1. The number of hydrogen-bond donors (Lipinski definition) is 0. The van der Waals surface area contributed by atoms with Crippen LogP contribution in [-0.2, 0) is 0 Å². The molecule has 0 spiro atoms. The lowest BCUT2D eigenvalue weighted by molar-refractivity contribution is 1.07. The van der Waals surface area contributed by atoms with E-state index in [9.17, 15) is 0 Å². The molecule has 0 saturated heterocycles. The number of fused-ring (bicyclic) bond motifs is 11. The molecule has 11 rings (SSSR count). The number of para-hydroxylation sites is 4. The van der Waals surface area contributed by atoms with E-state index >= 15 is 0 Å². The molecule has 0 radical (unpaired) electrons. The van der Waals surface area contributed by atoms with Crippen LogP contribution in [0.2, 0.25) is 0 Å². The van der Waals surface area contributed by atoms with Crippen molar-refractivity contribution in [3.05, 3.63) is 170 Å². The second kappa shape index (κ2) is 11.2. The standard InChI is InChI=1S/C46H28N6/c1-3-13-29(14-4-1)43-48-44(30-15-5-2-6-16-30)50-45(49-43)31-23-25-32(26-24-31)51-39-20-10-8-18-34(39)36-27-35-33-17-7-11-21-40(33)52-41-22-12-9-19-38(41)47-46(52)37(35)28-42(36)51/h1-28H. The van der Waals surface area contributed by atoms with E-state index in [0.717, 1.165) is 61.0 Å². The summed E-state index contributed by atoms with van der Waals surface area (Å²) in [5.41, 5.74) is 10.4. The van der Waals surface area contributed by atoms with Crippen molar-refractivity contribution >= 4 is 60.2 Å². The van der Waals surface area contributed by atoms with Crippen LogP contribution in [-0.4, -0.2) is 28.9 Å². The van der Waals surface area contributed by atoms with Gasteiger partial charge in [-0.25, -0.2) is 19.9 Å². The Morgan fingerprint density at radius 2 is 0.846 bits per heavy atom. The normalized spacial score (nSPS) is 11.8. The molecule has 242 valence electrons. The zero-order valence-electron chi connectivity index (χ0n) is 27.8. The molecule has 0 fully saturated rings. The molecule has 0 bridgehead atoms. The zero-order valence-corrected chi connectivity index (χ0v) is 27.8. The monoisotopic (exact) mass is 664 g/mol. The average molecular weight is 665 g/mol. The van der Waals surface area contributed by atoms with Crippen molar-refractivity contribution in [2.45, 2.75) is 0 Å². The Hall–Kier alpha value is -7.18. The Balaban J connectivity index is 1.13. The second-order valence-corrected chi connectivity index (χ2v) is 13.1. The molecule has 0 atom stereocenters. The van der Waals surface area contributed by atoms with Crippen LogP contribution in [0.15, 0.2) is 170 Å². The Labute approximate surface area is 297 Å². The van der Waals surface area contributed by atoms with E-state index in [-0.39, 0.29) is 0 Å². The predicted octanol–water partition coefficient (Wildman–Crippen LogP) is 11.1. The molecule has 52 heavy (non-hydrogen) atoms. The molecule has 7 aromatic carbocycles. The van der Waals surface area contributed by atoms with Crippen molar-refractivity contribution < 1.29 is 0 Å². The minimum absolute atomic E-state index is 0.633. The highest BCUT2D eigenvalue weighted by molar-refractivity contribution is 6.21. The van der Waals surface area contributed by atoms with Gasteiger partial charge in [-0.05, 0) is 66.0 Å². The number of rotatable bonds is 4. The van der Waals surface area contributed by atoms with Gasteiger partial charge in [0.2, 0.25) is 0 Å². The number of aromatic nitrogens is 6. The highest BCUT2D eigenvalue weighted by Gasteiger charge is 2.19. The maximum absolute atomic E-state index is 5.19. The molecule has 0 aliphatic carbocycles. The van der Waals surface area contributed by atoms with Crippen molar-refractivity contribution in [1.29, 1.82) is 0 Å². The third kappa shape index (κ3) is 4.31. The van der Waals surface area contributed by atoms with E-state index in [4.69, 9.17) is 19.9 Å². The summed E-state index contributed by atoms with van der Waals surface area (Å²) in [6.45, 7) is 0. The SMILES string of the molecule is c1ccc(-c2nc(-c3ccccc3)nc(-c3ccc(-n4c5ccccc5c5cc6c7ccccc7n7c8ccccc8nc7c6cc54)cc3)n2)cc1. The fraction of sp³-hybridized carbons (Fsp3) is 0. The van der Waals surface area contributed by atoms with Gasteiger partial charge in [0.1, 0.15) is 5.65 Å². The van der Waals surface area contributed by atoms with Gasteiger partial charge in [0.25, 0.3) is 0 Å². The maximum Gasteiger partial charge on any atom is 0.164 e. The van der Waals surface area contributed by atoms with Gasteiger partial charge in [0.15, 0.2) is 17.5 Å². The van der Waals surface area contributed by atoms with Gasteiger partial charge in [-0.1, -0.05) is 109 Å². The number of hydrogen-bond acceptors (Lipinski definition) is 4. The summed E-state index contributed by atoms with van der Waals surface area (Å²) in [5.74, 6) is 1.93. The lowest BCUT2D eigenvalue weighted by Crippen LogP contribution is -2.00. The first-order valence-corrected chi connectivity index (χ1v) is 17.4. The fourth-order valence-electron chi connectivity index (χ4n) is 7.75. The van der Waals surface area contributed by atoms with Gasteiger partial charge in [-0.15, -0.1) is 0 Å². The minimum Gasteiger partial charge on any atom is -0.309 e. The van der Waals surface area contributed by atoms with Crippen molar-refractivity contribution in [3.63, 3.8) is 0 Å². The molecular weight excluding hydrogens is 637 g/mol. The smallest absolute Gasteiger partial charge is 0.164 e. The van der Waals surface area contributed by atoms with Crippen LogP contribution in [0.5, 0.6) is 0 Å². The molecule has 0 aliphatic rings. The number of benzene rings is 7. The Morgan fingerprint density at radius 3 is 1.50 bits per heavy atom. The third-order valence-corrected chi connectivity index (χ3v) is 10.1. The first-order valence-electron chi connectivity index (χ1n) is 17.4. The number of imidazole rings is 1. The van der Waals surface area contributed by atoms with Gasteiger partial charge in [0, 0.05) is 43.9 Å². The second-order valence-electron chi connectivity index (χ2n) is 13.1. The molecule has 0 saturated carbocycles. The van der Waals surface area contributed by atoms with Crippen LogP contribution in [0.25, 0.3) is 100 Å². The molecule has 0 amide bonds. The van der Waals surface area contributed by atoms with Crippen LogP contribution in [0.4, 0.5) is 0 Å². The van der Waals surface area contributed by atoms with E-state index in [1.165, 1.54) is 21.5 Å². The Morgan fingerprint density at radius 1 is 0.327 bits per heavy atom. The topological polar surface area (TPSA) is 60.9 Å². The number of pyridine rings is 1. The Kier molecular flexibility index (Phi) is 6.15. The summed E-state index contributed by atoms with van der Waals surface area (Å²) in [7, 11) is 0. The van der Waals surface area contributed by atoms with Crippen LogP contribution in [0.3, 0.4) is 0 Å². The van der Waals surface area contributed by atoms with E-state index < -0.39 is 0 Å². The van der Waals surface area contributed by atoms with E-state index in [1.807, 2.05) is 60.7 Å². The van der Waals surface area contributed by atoms with Crippen molar-refractivity contribution in [2.75, 3.05) is 0 Å². The van der Waals surface area contributed by atoms with Gasteiger partial charge < -0.3 is 4.57 Å². The average Bonchev–Trinajstić information content (AvgIpc) is 3.77. The molecule has 4 heterocycles. The van der Waals surface area contributed by atoms with E-state index in [2.05, 4.69) is 118 Å². The largest absolute Gasteiger partial charge is 0.309 e. The van der Waals surface area contributed by atoms with Gasteiger partial charge in [0.05, 0.1) is 27.6 Å². The van der Waals surface area contributed by atoms with Gasteiger partial charge >= 0.3 is 0 Å². The lowest BCUT2D eigenvalue weighted by Gasteiger charge is -2.12. The minimum atomic E-state index is 0.633. The summed E-state index contributed by atoms with van der Waals surface area (Å²) in [5, 5.41) is 5.93. The summed E-state index contributed by atoms with van der Waals surface area (Å²) in [4.78, 5) is 20.0. The first-order chi connectivity index (χ1) is 25.8. The maximum atomic E-state index is 5.19. The van der Waals surface area contributed by atoms with E-state index in [0.29, 0.717) is 17.5 Å². The molecule has 11 aromatic rings. The molecule has 4 aromatic heterocycles. The predicted molar refractivity (Wildman–Crippen MR) is 212 cm³/mol. The quantitative estimate of drug-likeness (QED) is 0.176. The highest BCUT2D eigenvalue weighted by atomic mass is 15.0. The van der Waals surface area contributed by atoms with Gasteiger partial charge in [-0.2, -0.15) is 0 Å². The van der Waals surface area contributed by atoms with Crippen LogP contribution in [0, 0.1) is 0 Å². The van der Waals surface area contributed by atoms with Crippen LogP contribution >= 0.6 is 0 Å². The summed E-state index contributed by atoms with van der Waals surface area (Å²) in [6.07, 6.45) is 0. The first kappa shape index (κ1) is 28.6. The summed E-state index contributed by atoms with van der Waals surface area (Å²) < 4.78 is 4.67. The lowest BCUT2D eigenvalue weighted by atomic mass is 10.0. The van der Waals surface area contributed by atoms with Crippen LogP contribution in [0.1, 0.15) is 0 Å². The fourth-order valence-corrected chi connectivity index (χ4v) is 7.75. The van der Waals surface area contributed by atoms with Crippen molar-refractivity contribution in [3.8, 4) is 39.9 Å². The Bertz CT molecular complexity index is 3100. The molecule has 0 aliphatic heterocycles. The van der Waals surface area contributed by atoms with Crippen molar-refractivity contribution in [2.24, 2.45) is 0 Å². The zero-order chi connectivity index (χ0) is 34.2. The highest BCUT2D eigenvalue weighted by Crippen LogP contribution is 2.39. The molecular formula is C46H28N6. The molecule has 6 heteroatoms. The van der Waals surface area contributed by atoms with Crippen molar-refractivity contribution in [1.82, 2.24) is 28.9 Å². The summed E-state index contributed by atoms with van der Waals surface area (Å²) >= 11 is 0. The van der Waals surface area contributed by atoms with Crippen LogP contribution < -0.4 is 0 Å². The molecule has 6 nitrogen and oxygen atoms in total. The number of nitrogens with zero attached hydrogens (tertiary/aromatic N) is 6. The summed E-state index contributed by atoms with van der Waals surface area (Å²) in [6, 6.07) is 59.1. The van der Waals surface area contributed by atoms with Gasteiger partial charge in [-0.3, -0.25) is 4.40 Å². The molecule has 0 N–H and O–H groups in total. The molecule has 0 unspecified atom stereocenters. The van der Waals surface area contributed by atoms with E-state index in [1.54, 1.807) is 0 Å².